The predicted molar refractivity (Wildman–Crippen MR) is 92.9 cm³/mol. The van der Waals surface area contributed by atoms with Gasteiger partial charge in [0.15, 0.2) is 5.82 Å². The fourth-order valence-electron chi connectivity index (χ4n) is 3.04. The second-order valence-electron chi connectivity index (χ2n) is 6.43. The molecule has 1 amide bonds. The number of amides is 1. The molecule has 25 heavy (non-hydrogen) atoms. The average molecular weight is 344 g/mol. The summed E-state index contributed by atoms with van der Waals surface area (Å²) in [7, 11) is 0. The average Bonchev–Trinajstić information content (AvgIpc) is 3.03. The number of rotatable bonds is 6. The summed E-state index contributed by atoms with van der Waals surface area (Å²) in [6, 6.07) is 9.62. The van der Waals surface area contributed by atoms with Crippen LogP contribution in [0.2, 0.25) is 0 Å². The second kappa shape index (κ2) is 8.22. The zero-order valence-corrected chi connectivity index (χ0v) is 14.6. The Balaban J connectivity index is 1.42. The van der Waals surface area contributed by atoms with E-state index in [2.05, 4.69) is 20.4 Å². The second-order valence-corrected chi connectivity index (χ2v) is 6.43. The van der Waals surface area contributed by atoms with Crippen LogP contribution in [0.25, 0.3) is 11.5 Å². The molecule has 1 N–H and O–H groups in total. The molecule has 2 atom stereocenters. The summed E-state index contributed by atoms with van der Waals surface area (Å²) in [6.45, 7) is 6.50. The number of ether oxygens (including phenoxy) is 1. The van der Waals surface area contributed by atoms with Crippen molar-refractivity contribution < 1.29 is 14.1 Å². The van der Waals surface area contributed by atoms with Crippen molar-refractivity contribution >= 4 is 5.91 Å². The van der Waals surface area contributed by atoms with E-state index in [0.717, 1.165) is 18.7 Å². The van der Waals surface area contributed by atoms with E-state index in [0.29, 0.717) is 31.2 Å². The molecular formula is C18H24N4O3. The van der Waals surface area contributed by atoms with Crippen LogP contribution >= 0.6 is 0 Å². The summed E-state index contributed by atoms with van der Waals surface area (Å²) in [5.74, 6) is 1.10. The van der Waals surface area contributed by atoms with Crippen LogP contribution in [0.1, 0.15) is 19.7 Å². The molecule has 1 saturated heterocycles. The van der Waals surface area contributed by atoms with Crippen LogP contribution in [-0.2, 0) is 16.0 Å². The van der Waals surface area contributed by atoms with Crippen molar-refractivity contribution in [3.63, 3.8) is 0 Å². The molecule has 3 rings (SSSR count). The highest BCUT2D eigenvalue weighted by molar-refractivity contribution is 5.78. The normalized spacial score (nSPS) is 21.2. The van der Waals surface area contributed by atoms with Gasteiger partial charge in [-0.1, -0.05) is 23.4 Å². The van der Waals surface area contributed by atoms with Gasteiger partial charge in [-0.15, -0.1) is 0 Å². The first kappa shape index (κ1) is 17.6. The van der Waals surface area contributed by atoms with Gasteiger partial charge in [-0.2, -0.15) is 4.98 Å². The quantitative estimate of drug-likeness (QED) is 0.855. The van der Waals surface area contributed by atoms with Gasteiger partial charge >= 0.3 is 0 Å². The summed E-state index contributed by atoms with van der Waals surface area (Å²) in [6.07, 6.45) is 0.859. The lowest BCUT2D eigenvalue weighted by Crippen LogP contribution is -2.49. The van der Waals surface area contributed by atoms with Crippen LogP contribution in [0.3, 0.4) is 0 Å². The topological polar surface area (TPSA) is 80.5 Å². The summed E-state index contributed by atoms with van der Waals surface area (Å²) >= 11 is 0. The Kier molecular flexibility index (Phi) is 5.78. The van der Waals surface area contributed by atoms with E-state index < -0.39 is 0 Å². The van der Waals surface area contributed by atoms with Gasteiger partial charge in [-0.25, -0.2) is 0 Å². The fraction of sp³-hybridized carbons (Fsp3) is 0.500. The third-order valence-electron chi connectivity index (χ3n) is 4.02. The fourth-order valence-corrected chi connectivity index (χ4v) is 3.04. The van der Waals surface area contributed by atoms with Crippen LogP contribution < -0.4 is 5.32 Å². The minimum Gasteiger partial charge on any atom is -0.373 e. The lowest BCUT2D eigenvalue weighted by molar-refractivity contribution is -0.125. The Hall–Kier alpha value is -2.25. The summed E-state index contributed by atoms with van der Waals surface area (Å²) < 4.78 is 10.9. The molecule has 1 aromatic carbocycles. The highest BCUT2D eigenvalue weighted by Crippen LogP contribution is 2.16. The first-order chi connectivity index (χ1) is 12.1. The van der Waals surface area contributed by atoms with Crippen LogP contribution in [0, 0.1) is 0 Å². The summed E-state index contributed by atoms with van der Waals surface area (Å²) in [5, 5.41) is 6.87. The minimum absolute atomic E-state index is 0.00748. The zero-order chi connectivity index (χ0) is 17.6. The van der Waals surface area contributed by atoms with E-state index in [9.17, 15) is 4.79 Å². The van der Waals surface area contributed by atoms with Gasteiger partial charge in [0.05, 0.1) is 18.8 Å². The maximum atomic E-state index is 12.1. The van der Waals surface area contributed by atoms with Crippen molar-refractivity contribution in [2.24, 2.45) is 0 Å². The van der Waals surface area contributed by atoms with E-state index in [1.165, 1.54) is 0 Å². The highest BCUT2D eigenvalue weighted by Gasteiger charge is 2.23. The molecule has 1 fully saturated rings. The Morgan fingerprint density at radius 3 is 2.68 bits per heavy atom. The van der Waals surface area contributed by atoms with Crippen LogP contribution in [0.4, 0.5) is 0 Å². The molecule has 134 valence electrons. The first-order valence-corrected chi connectivity index (χ1v) is 8.62. The minimum atomic E-state index is 0.00748. The molecule has 0 radical (unpaired) electrons. The number of nitrogens with zero attached hydrogens (tertiary/aromatic N) is 3. The third-order valence-corrected chi connectivity index (χ3v) is 4.02. The molecule has 2 aromatic rings. The van der Waals surface area contributed by atoms with Crippen molar-refractivity contribution in [2.45, 2.75) is 32.5 Å². The predicted octanol–water partition coefficient (Wildman–Crippen LogP) is 1.50. The van der Waals surface area contributed by atoms with Crippen LogP contribution in [-0.4, -0.2) is 59.3 Å². The maximum absolute atomic E-state index is 12.1. The monoisotopic (exact) mass is 344 g/mol. The van der Waals surface area contributed by atoms with Crippen LogP contribution in [0.5, 0.6) is 0 Å². The van der Waals surface area contributed by atoms with Gasteiger partial charge in [0.2, 0.25) is 5.91 Å². The molecule has 1 aliphatic rings. The third kappa shape index (κ3) is 5.11. The largest absolute Gasteiger partial charge is 0.373 e. The van der Waals surface area contributed by atoms with E-state index in [1.807, 2.05) is 44.2 Å². The number of carbonyl (C=O) groups is 1. The van der Waals surface area contributed by atoms with Gasteiger partial charge < -0.3 is 14.6 Å². The standard InChI is InChI=1S/C18H24N4O3/c1-13-10-22(11-14(2)24-13)12-17(23)19-9-8-16-20-18(25-21-16)15-6-4-3-5-7-15/h3-7,13-14H,8-12H2,1-2H3,(H,19,23)/t13-,14+. The number of hydrogen-bond donors (Lipinski definition) is 1. The molecular weight excluding hydrogens is 320 g/mol. The SMILES string of the molecule is C[C@@H]1CN(CC(=O)NCCc2noc(-c3ccccc3)n2)C[C@H](C)O1. The van der Waals surface area contributed by atoms with Crippen molar-refractivity contribution in [3.8, 4) is 11.5 Å². The number of aromatic nitrogens is 2. The molecule has 2 heterocycles. The van der Waals surface area contributed by atoms with Crippen LogP contribution in [0.15, 0.2) is 34.9 Å². The lowest BCUT2D eigenvalue weighted by atomic mass is 10.2. The van der Waals surface area contributed by atoms with E-state index in [4.69, 9.17) is 9.26 Å². The Morgan fingerprint density at radius 2 is 1.96 bits per heavy atom. The number of morpholine rings is 1. The Labute approximate surface area is 147 Å². The molecule has 0 aliphatic carbocycles. The number of hydrogen-bond acceptors (Lipinski definition) is 6. The molecule has 1 aliphatic heterocycles. The Bertz CT molecular complexity index is 679. The molecule has 7 nitrogen and oxygen atoms in total. The van der Waals surface area contributed by atoms with Crippen molar-refractivity contribution in [2.75, 3.05) is 26.2 Å². The smallest absolute Gasteiger partial charge is 0.257 e. The number of carbonyl (C=O) groups excluding carboxylic acids is 1. The van der Waals surface area contributed by atoms with E-state index in [1.54, 1.807) is 0 Å². The van der Waals surface area contributed by atoms with Gasteiger partial charge in [-0.05, 0) is 26.0 Å². The zero-order valence-electron chi connectivity index (χ0n) is 14.6. The molecule has 7 heteroatoms. The molecule has 1 aromatic heterocycles. The molecule has 0 unspecified atom stereocenters. The Morgan fingerprint density at radius 1 is 1.24 bits per heavy atom. The van der Waals surface area contributed by atoms with Gasteiger partial charge in [-0.3, -0.25) is 9.69 Å². The summed E-state index contributed by atoms with van der Waals surface area (Å²) in [5.41, 5.74) is 0.890. The van der Waals surface area contributed by atoms with Gasteiger partial charge in [0.25, 0.3) is 5.89 Å². The van der Waals surface area contributed by atoms with Gasteiger partial charge in [0, 0.05) is 31.6 Å². The number of benzene rings is 1. The number of nitrogens with one attached hydrogen (secondary N) is 1. The van der Waals surface area contributed by atoms with E-state index in [-0.39, 0.29) is 18.1 Å². The highest BCUT2D eigenvalue weighted by atomic mass is 16.5. The molecule has 0 spiro atoms. The maximum Gasteiger partial charge on any atom is 0.257 e. The van der Waals surface area contributed by atoms with Crippen molar-refractivity contribution in [1.29, 1.82) is 0 Å². The lowest BCUT2D eigenvalue weighted by Gasteiger charge is -2.34. The van der Waals surface area contributed by atoms with E-state index >= 15 is 0 Å². The van der Waals surface area contributed by atoms with Crippen molar-refractivity contribution in [3.05, 3.63) is 36.2 Å². The first-order valence-electron chi connectivity index (χ1n) is 8.62. The van der Waals surface area contributed by atoms with Crippen molar-refractivity contribution in [1.82, 2.24) is 20.4 Å². The van der Waals surface area contributed by atoms with Gasteiger partial charge in [0.1, 0.15) is 0 Å². The summed E-state index contributed by atoms with van der Waals surface area (Å²) in [4.78, 5) is 18.6. The molecule has 0 bridgehead atoms. The molecule has 0 saturated carbocycles.